The zero-order valence-corrected chi connectivity index (χ0v) is 10.8. The molecule has 1 aromatic rings. The molecular weight excluding hydrogens is 264 g/mol. The molecule has 2 N–H and O–H groups in total. The largest absolute Gasteiger partial charge is 0.358 e. The van der Waals surface area contributed by atoms with Crippen molar-refractivity contribution in [3.05, 3.63) is 18.2 Å². The van der Waals surface area contributed by atoms with Gasteiger partial charge in [0.1, 0.15) is 0 Å². The number of hydrogen-bond donors (Lipinski definition) is 2. The van der Waals surface area contributed by atoms with E-state index in [1.165, 1.54) is 0 Å². The molecule has 80 valence electrons. The quantitative estimate of drug-likeness (QED) is 0.655. The van der Waals surface area contributed by atoms with E-state index in [0.29, 0.717) is 5.17 Å². The smallest absolute Gasteiger partial charge is 0.155 e. The molecule has 0 saturated carbocycles. The second-order valence-corrected chi connectivity index (χ2v) is 3.96. The maximum absolute atomic E-state index is 7.54. The van der Waals surface area contributed by atoms with Crippen molar-refractivity contribution in [1.29, 1.82) is 5.41 Å². The highest BCUT2D eigenvalue weighted by atomic mass is 79.9. The Morgan fingerprint density at radius 3 is 2.86 bits per heavy atom. The fourth-order valence-corrected chi connectivity index (χ4v) is 1.58. The first-order valence-corrected chi connectivity index (χ1v) is 5.04. The molecule has 0 spiro atoms. The summed E-state index contributed by atoms with van der Waals surface area (Å²) in [6, 6.07) is 0. The summed E-state index contributed by atoms with van der Waals surface area (Å²) in [6.07, 6.45) is 4.43. The maximum atomic E-state index is 7.54. The minimum atomic E-state index is 0. The summed E-state index contributed by atoms with van der Waals surface area (Å²) in [6.45, 7) is 0. The van der Waals surface area contributed by atoms with Crippen molar-refractivity contribution >= 4 is 33.9 Å². The van der Waals surface area contributed by atoms with Crippen molar-refractivity contribution < 1.29 is 0 Å². The van der Waals surface area contributed by atoms with E-state index >= 15 is 0 Å². The Bertz CT molecular complexity index is 260. The standard InChI is InChI=1S/C8H14N4S.BrH/c1-12(2)8(9)13-4-3-7-5-10-6-11-7;/h5-6,9H,3-4H2,1-2H3,(H,10,11);1H. The van der Waals surface area contributed by atoms with Crippen LogP contribution in [0.5, 0.6) is 0 Å². The van der Waals surface area contributed by atoms with Crippen LogP contribution in [0, 0.1) is 5.41 Å². The van der Waals surface area contributed by atoms with Crippen LogP contribution in [0.3, 0.4) is 0 Å². The lowest BCUT2D eigenvalue weighted by Crippen LogP contribution is -2.17. The number of nitrogens with one attached hydrogen (secondary N) is 2. The van der Waals surface area contributed by atoms with Gasteiger partial charge in [0, 0.05) is 31.7 Å². The molecule has 1 aromatic heterocycles. The number of aromatic amines is 1. The number of aromatic nitrogens is 2. The van der Waals surface area contributed by atoms with Crippen molar-refractivity contribution in [2.75, 3.05) is 19.8 Å². The lowest BCUT2D eigenvalue weighted by molar-refractivity contribution is 0.632. The minimum absolute atomic E-state index is 0. The van der Waals surface area contributed by atoms with Gasteiger partial charge in [-0.25, -0.2) is 4.98 Å². The van der Waals surface area contributed by atoms with E-state index in [0.717, 1.165) is 17.9 Å². The third-order valence-corrected chi connectivity index (χ3v) is 2.62. The molecule has 0 atom stereocenters. The molecule has 0 aromatic carbocycles. The van der Waals surface area contributed by atoms with Crippen molar-refractivity contribution in [2.24, 2.45) is 0 Å². The molecule has 0 aliphatic heterocycles. The molecule has 0 radical (unpaired) electrons. The molecule has 0 unspecified atom stereocenters. The van der Waals surface area contributed by atoms with Gasteiger partial charge in [-0.1, -0.05) is 11.8 Å². The molecule has 0 aliphatic rings. The molecule has 0 aliphatic carbocycles. The lowest BCUT2D eigenvalue weighted by atomic mass is 10.4. The summed E-state index contributed by atoms with van der Waals surface area (Å²) >= 11 is 1.54. The molecule has 6 heteroatoms. The molecule has 14 heavy (non-hydrogen) atoms. The molecule has 1 rings (SSSR count). The zero-order chi connectivity index (χ0) is 9.68. The van der Waals surface area contributed by atoms with E-state index < -0.39 is 0 Å². The zero-order valence-electron chi connectivity index (χ0n) is 8.28. The van der Waals surface area contributed by atoms with Gasteiger partial charge in [-0.3, -0.25) is 5.41 Å². The molecule has 4 nitrogen and oxygen atoms in total. The van der Waals surface area contributed by atoms with Gasteiger partial charge < -0.3 is 9.88 Å². The van der Waals surface area contributed by atoms with E-state index in [4.69, 9.17) is 5.41 Å². The number of halogens is 1. The Hall–Kier alpha value is -0.490. The summed E-state index contributed by atoms with van der Waals surface area (Å²) < 4.78 is 0. The fourth-order valence-electron chi connectivity index (χ4n) is 0.808. The Morgan fingerprint density at radius 2 is 2.36 bits per heavy atom. The van der Waals surface area contributed by atoms with E-state index in [2.05, 4.69) is 9.97 Å². The fraction of sp³-hybridized carbons (Fsp3) is 0.500. The van der Waals surface area contributed by atoms with E-state index in [-0.39, 0.29) is 17.0 Å². The molecule has 0 fully saturated rings. The third kappa shape index (κ3) is 4.66. The van der Waals surface area contributed by atoms with Crippen LogP contribution in [0.2, 0.25) is 0 Å². The van der Waals surface area contributed by atoms with Gasteiger partial charge in [-0.2, -0.15) is 0 Å². The van der Waals surface area contributed by atoms with Crippen molar-refractivity contribution in [1.82, 2.24) is 14.9 Å². The van der Waals surface area contributed by atoms with Crippen LogP contribution in [0.4, 0.5) is 0 Å². The number of thioether (sulfide) groups is 1. The summed E-state index contributed by atoms with van der Waals surface area (Å²) in [4.78, 5) is 8.76. The summed E-state index contributed by atoms with van der Waals surface area (Å²) in [7, 11) is 3.76. The second kappa shape index (κ2) is 6.89. The van der Waals surface area contributed by atoms with Gasteiger partial charge in [-0.05, 0) is 6.42 Å². The highest BCUT2D eigenvalue weighted by Crippen LogP contribution is 2.06. The van der Waals surface area contributed by atoms with Crippen molar-refractivity contribution in [3.8, 4) is 0 Å². The van der Waals surface area contributed by atoms with Crippen LogP contribution in [-0.2, 0) is 6.42 Å². The average Bonchev–Trinajstić information content (AvgIpc) is 2.56. The Labute approximate surface area is 98.8 Å². The predicted molar refractivity (Wildman–Crippen MR) is 66.5 cm³/mol. The Balaban J connectivity index is 0.00000169. The number of H-pyrrole nitrogens is 1. The van der Waals surface area contributed by atoms with Crippen LogP contribution in [-0.4, -0.2) is 39.9 Å². The van der Waals surface area contributed by atoms with Crippen LogP contribution in [0.15, 0.2) is 12.5 Å². The highest BCUT2D eigenvalue weighted by Gasteiger charge is 2.00. The maximum Gasteiger partial charge on any atom is 0.155 e. The van der Waals surface area contributed by atoms with Crippen LogP contribution >= 0.6 is 28.7 Å². The van der Waals surface area contributed by atoms with E-state index in [1.807, 2.05) is 20.3 Å². The minimum Gasteiger partial charge on any atom is -0.358 e. The molecule has 0 saturated heterocycles. The molecule has 1 heterocycles. The SMILES string of the molecule is Br.CN(C)C(=N)SCCc1cnc[nH]1. The number of nitrogens with zero attached hydrogens (tertiary/aromatic N) is 2. The number of imidazole rings is 1. The average molecular weight is 279 g/mol. The second-order valence-electron chi connectivity index (χ2n) is 2.87. The van der Waals surface area contributed by atoms with Gasteiger partial charge in [0.2, 0.25) is 0 Å². The van der Waals surface area contributed by atoms with Gasteiger partial charge in [0.15, 0.2) is 5.17 Å². The van der Waals surface area contributed by atoms with E-state index in [1.54, 1.807) is 23.0 Å². The Kier molecular flexibility index (Phi) is 6.65. The first-order valence-electron chi connectivity index (χ1n) is 4.06. The first kappa shape index (κ1) is 13.5. The van der Waals surface area contributed by atoms with Gasteiger partial charge >= 0.3 is 0 Å². The molecule has 0 amide bonds. The number of hydrogen-bond acceptors (Lipinski definition) is 3. The normalized spacial score (nSPS) is 9.29. The predicted octanol–water partition coefficient (Wildman–Crippen LogP) is 1.76. The number of amidine groups is 1. The molecule has 0 bridgehead atoms. The monoisotopic (exact) mass is 278 g/mol. The van der Waals surface area contributed by atoms with Gasteiger partial charge in [0.05, 0.1) is 6.33 Å². The summed E-state index contributed by atoms with van der Waals surface area (Å²) in [5.41, 5.74) is 1.12. The number of aryl methyl sites for hydroxylation is 1. The van der Waals surface area contributed by atoms with Crippen molar-refractivity contribution in [3.63, 3.8) is 0 Å². The topological polar surface area (TPSA) is 55.8 Å². The van der Waals surface area contributed by atoms with Gasteiger partial charge in [-0.15, -0.1) is 17.0 Å². The van der Waals surface area contributed by atoms with Crippen molar-refractivity contribution in [2.45, 2.75) is 6.42 Å². The number of rotatable bonds is 3. The Morgan fingerprint density at radius 1 is 1.64 bits per heavy atom. The first-order chi connectivity index (χ1) is 6.20. The van der Waals surface area contributed by atoms with Crippen LogP contribution < -0.4 is 0 Å². The van der Waals surface area contributed by atoms with Gasteiger partial charge in [0.25, 0.3) is 0 Å². The summed E-state index contributed by atoms with van der Waals surface area (Å²) in [5, 5.41) is 8.13. The van der Waals surface area contributed by atoms with E-state index in [9.17, 15) is 0 Å². The highest BCUT2D eigenvalue weighted by molar-refractivity contribution is 8.93. The molecular formula is C8H15BrN4S. The summed E-state index contributed by atoms with van der Waals surface area (Å²) in [5.74, 6) is 0.916. The third-order valence-electron chi connectivity index (χ3n) is 1.57. The lowest BCUT2D eigenvalue weighted by Gasteiger charge is -2.11. The van der Waals surface area contributed by atoms with Crippen LogP contribution in [0.25, 0.3) is 0 Å². The van der Waals surface area contributed by atoms with Crippen LogP contribution in [0.1, 0.15) is 5.69 Å².